The summed E-state index contributed by atoms with van der Waals surface area (Å²) in [5.41, 5.74) is 0. The lowest BCUT2D eigenvalue weighted by Gasteiger charge is -1.53. The van der Waals surface area contributed by atoms with E-state index in [1.165, 1.54) is 0 Å². The van der Waals surface area contributed by atoms with Gasteiger partial charge in [-0.25, -0.2) is 0 Å². The van der Waals surface area contributed by atoms with E-state index in [1.54, 1.807) is 0 Å². The largest absolute Gasteiger partial charge is 0.658 e. The van der Waals surface area contributed by atoms with E-state index >= 15 is 0 Å². The van der Waals surface area contributed by atoms with Crippen LogP contribution in [0.15, 0.2) is 0 Å². The zero-order valence-corrected chi connectivity index (χ0v) is 2.84. The lowest BCUT2D eigenvalue weighted by molar-refractivity contribution is -0.0440. The normalized spacial score (nSPS) is 8.60. The van der Waals surface area contributed by atoms with Crippen molar-refractivity contribution in [2.45, 2.75) is 0 Å². The average molecular weight is 100 g/mol. The fourth-order valence-corrected chi connectivity index (χ4v) is 0. The Balaban J connectivity index is 2.83. The van der Waals surface area contributed by atoms with E-state index in [4.69, 9.17) is 4.21 Å². The third-order valence-electron chi connectivity index (χ3n) is 0.0563. The van der Waals surface area contributed by atoms with Crippen LogP contribution in [0.5, 0.6) is 0 Å². The molecular weight excluding hydrogens is 100 g/mol. The van der Waals surface area contributed by atoms with E-state index in [0.29, 0.717) is 0 Å². The summed E-state index contributed by atoms with van der Waals surface area (Å²) >= 11 is -0.870. The number of rotatable bonds is 1. The first kappa shape index (κ1) is 4.84. The minimum atomic E-state index is -1.51. The second-order valence-electron chi connectivity index (χ2n) is 0.276. The standard InChI is InChI=1S/F2NOS/c1-3(2)5-4/q+1. The Kier molecular flexibility index (Phi) is 2.03. The minimum Gasteiger partial charge on any atom is -0.0401 e. The molecule has 0 radical (unpaired) electrons. The van der Waals surface area contributed by atoms with Crippen molar-refractivity contribution in [2.75, 3.05) is 0 Å². The summed E-state index contributed by atoms with van der Waals surface area (Å²) in [6.07, 6.45) is 0. The van der Waals surface area contributed by atoms with Gasteiger partial charge >= 0.3 is 16.6 Å². The summed E-state index contributed by atoms with van der Waals surface area (Å²) < 4.78 is 27.7. The molecule has 0 rings (SSSR count). The second-order valence-corrected chi connectivity index (χ2v) is 0.702. The molecule has 2 nitrogen and oxygen atoms in total. The molecule has 0 N–H and O–H groups in total. The van der Waals surface area contributed by atoms with Crippen LogP contribution in [-0.2, 0) is 16.1 Å². The Morgan fingerprint density at radius 1 is 1.60 bits per heavy atom. The monoisotopic (exact) mass is 100.0 g/mol. The van der Waals surface area contributed by atoms with Crippen molar-refractivity contribution < 1.29 is 13.2 Å². The Labute approximate surface area is 30.9 Å². The van der Waals surface area contributed by atoms with Crippen molar-refractivity contribution in [3.05, 3.63) is 0 Å². The van der Waals surface area contributed by atoms with Crippen LogP contribution in [0.25, 0.3) is 0 Å². The Hall–Kier alpha value is -0.160. The van der Waals surface area contributed by atoms with Crippen molar-refractivity contribution in [2.24, 2.45) is 0 Å². The van der Waals surface area contributed by atoms with Gasteiger partial charge in [0.05, 0.1) is 4.21 Å². The fraction of sp³-hybridized carbons (Fsp3) is 0. The Morgan fingerprint density at radius 2 is 1.80 bits per heavy atom. The lowest BCUT2D eigenvalue weighted by atomic mass is 13.6. The maximum absolute atomic E-state index is 10.2. The van der Waals surface area contributed by atoms with Crippen LogP contribution >= 0.6 is 0 Å². The SMILES string of the molecule is O=[S+]N(F)F. The molecule has 0 bridgehead atoms. The van der Waals surface area contributed by atoms with Crippen LogP contribution < -0.4 is 0 Å². The highest BCUT2D eigenvalue weighted by Crippen LogP contribution is 1.79. The molecule has 0 aliphatic carbocycles. The number of hydrogen-bond donors (Lipinski definition) is 0. The van der Waals surface area contributed by atoms with E-state index in [9.17, 15) is 8.96 Å². The summed E-state index contributed by atoms with van der Waals surface area (Å²) in [5.74, 6) is 0. The predicted molar refractivity (Wildman–Crippen MR) is 12.1 cm³/mol. The molecule has 0 aromatic carbocycles. The van der Waals surface area contributed by atoms with E-state index in [-0.39, 0.29) is 0 Å². The van der Waals surface area contributed by atoms with Gasteiger partial charge in [0, 0.05) is 0 Å². The van der Waals surface area contributed by atoms with E-state index in [0.717, 1.165) is 0 Å². The Morgan fingerprint density at radius 3 is 1.80 bits per heavy atom. The third-order valence-corrected chi connectivity index (χ3v) is 0.169. The Bertz CT molecular complexity index is 36.6. The molecule has 0 saturated carbocycles. The van der Waals surface area contributed by atoms with E-state index < -0.39 is 16.6 Å². The van der Waals surface area contributed by atoms with Gasteiger partial charge in [0.2, 0.25) is 0 Å². The molecule has 0 aliphatic rings. The lowest BCUT2D eigenvalue weighted by Crippen LogP contribution is -1.84. The molecule has 0 fully saturated rings. The minimum absolute atomic E-state index is 0.870. The number of nitrogens with zero attached hydrogens (tertiary/aromatic N) is 1. The van der Waals surface area contributed by atoms with Gasteiger partial charge < -0.3 is 0 Å². The van der Waals surface area contributed by atoms with Gasteiger partial charge in [0.15, 0.2) is 0 Å². The molecule has 5 heteroatoms. The van der Waals surface area contributed by atoms with Gasteiger partial charge in [-0.1, -0.05) is 0 Å². The predicted octanol–water partition coefficient (Wildman–Crippen LogP) is 0.401. The smallest absolute Gasteiger partial charge is 0.0401 e. The van der Waals surface area contributed by atoms with Crippen LogP contribution in [-0.4, -0.2) is 4.75 Å². The molecular formula is F2NOS+. The first-order chi connectivity index (χ1) is 2.27. The summed E-state index contributed by atoms with van der Waals surface area (Å²) in [5, 5.41) is 0. The molecule has 0 aliphatic heterocycles. The molecule has 30 valence electrons. The molecule has 0 aromatic rings. The van der Waals surface area contributed by atoms with Gasteiger partial charge in [-0.3, -0.25) is 0 Å². The molecule has 5 heavy (non-hydrogen) atoms. The summed E-state index contributed by atoms with van der Waals surface area (Å²) in [7, 11) is 0. The summed E-state index contributed by atoms with van der Waals surface area (Å²) in [4.78, 5) is 0. The highest BCUT2D eigenvalue weighted by Gasteiger charge is 2.11. The van der Waals surface area contributed by atoms with Crippen LogP contribution in [0.1, 0.15) is 0 Å². The molecule has 0 aromatic heterocycles. The first-order valence-electron chi connectivity index (χ1n) is 0.687. The zero-order valence-electron chi connectivity index (χ0n) is 2.02. The van der Waals surface area contributed by atoms with Gasteiger partial charge in [-0.05, 0) is 8.96 Å². The van der Waals surface area contributed by atoms with Crippen molar-refractivity contribution in [3.8, 4) is 0 Å². The van der Waals surface area contributed by atoms with Gasteiger partial charge in [-0.15, -0.1) is 0 Å². The molecule has 0 atom stereocenters. The van der Waals surface area contributed by atoms with Crippen molar-refractivity contribution in [1.29, 1.82) is 0 Å². The van der Waals surface area contributed by atoms with Crippen molar-refractivity contribution in [1.82, 2.24) is 4.75 Å². The van der Waals surface area contributed by atoms with Gasteiger partial charge in [0.1, 0.15) is 0 Å². The molecule has 0 spiro atoms. The molecule has 0 amide bonds. The van der Waals surface area contributed by atoms with E-state index in [2.05, 4.69) is 0 Å². The van der Waals surface area contributed by atoms with Gasteiger partial charge in [-0.2, -0.15) is 0 Å². The maximum Gasteiger partial charge on any atom is 0.658 e. The van der Waals surface area contributed by atoms with Crippen LogP contribution in [0, 0.1) is 0 Å². The average Bonchev–Trinajstić information content (AvgIpc) is 1.38. The fourth-order valence-electron chi connectivity index (χ4n) is 0. The van der Waals surface area contributed by atoms with Crippen LogP contribution in [0.3, 0.4) is 0 Å². The highest BCUT2D eigenvalue weighted by molar-refractivity contribution is 7.62. The first-order valence-corrected chi connectivity index (χ1v) is 1.39. The topological polar surface area (TPSA) is 20.3 Å². The maximum atomic E-state index is 10.2. The quantitative estimate of drug-likeness (QED) is 0.265. The highest BCUT2D eigenvalue weighted by atomic mass is 32.2. The van der Waals surface area contributed by atoms with Crippen molar-refractivity contribution in [3.63, 3.8) is 0 Å². The molecule has 0 saturated heterocycles. The zero-order chi connectivity index (χ0) is 4.28. The molecule has 0 unspecified atom stereocenters. The summed E-state index contributed by atoms with van der Waals surface area (Å²) in [6.45, 7) is 0. The third kappa shape index (κ3) is 3.84. The number of hydrogen-bond acceptors (Lipinski definition) is 1. The summed E-state index contributed by atoms with van der Waals surface area (Å²) in [6, 6.07) is 0. The van der Waals surface area contributed by atoms with Crippen LogP contribution in [0.2, 0.25) is 0 Å². The van der Waals surface area contributed by atoms with E-state index in [1.807, 2.05) is 0 Å². The van der Waals surface area contributed by atoms with Gasteiger partial charge in [0.25, 0.3) is 0 Å². The molecule has 0 heterocycles. The van der Waals surface area contributed by atoms with Crippen molar-refractivity contribution >= 4 is 11.9 Å². The van der Waals surface area contributed by atoms with Crippen LogP contribution in [0.4, 0.5) is 8.96 Å². The second kappa shape index (κ2) is 2.10. The number of halogens is 2.